The van der Waals surface area contributed by atoms with Crippen LogP contribution in [0.3, 0.4) is 0 Å². The number of hydrogen-bond donors (Lipinski definition) is 1. The van der Waals surface area contributed by atoms with Gasteiger partial charge in [-0.1, -0.05) is 31.9 Å². The zero-order chi connectivity index (χ0) is 13.6. The van der Waals surface area contributed by atoms with Gasteiger partial charge in [0.1, 0.15) is 5.69 Å². The van der Waals surface area contributed by atoms with Crippen molar-refractivity contribution in [2.45, 2.75) is 18.9 Å². The van der Waals surface area contributed by atoms with Gasteiger partial charge in [-0.3, -0.25) is 0 Å². The van der Waals surface area contributed by atoms with Crippen LogP contribution < -0.4 is 0 Å². The number of halogens is 2. The number of aromatic carboxylic acids is 1. The van der Waals surface area contributed by atoms with Crippen LogP contribution in [0.15, 0.2) is 39.3 Å². The van der Waals surface area contributed by atoms with E-state index in [4.69, 9.17) is 0 Å². The summed E-state index contributed by atoms with van der Waals surface area (Å²) in [4.78, 5) is 11.3. The lowest BCUT2D eigenvalue weighted by Gasteiger charge is -2.12. The van der Waals surface area contributed by atoms with Crippen LogP contribution in [0.2, 0.25) is 0 Å². The molecule has 1 aromatic carbocycles. The molecule has 0 radical (unpaired) electrons. The highest BCUT2D eigenvalue weighted by Crippen LogP contribution is 2.42. The molecule has 98 valence electrons. The van der Waals surface area contributed by atoms with E-state index in [1.165, 1.54) is 0 Å². The Morgan fingerprint density at radius 2 is 1.95 bits per heavy atom. The first-order chi connectivity index (χ1) is 9.08. The van der Waals surface area contributed by atoms with Crippen molar-refractivity contribution in [3.63, 3.8) is 0 Å². The Kier molecular flexibility index (Phi) is 3.27. The van der Waals surface area contributed by atoms with E-state index in [9.17, 15) is 9.90 Å². The van der Waals surface area contributed by atoms with Gasteiger partial charge in [-0.25, -0.2) is 4.79 Å². The lowest BCUT2D eigenvalue weighted by molar-refractivity contribution is 0.0685. The molecule has 0 aliphatic heterocycles. The summed E-state index contributed by atoms with van der Waals surface area (Å²) in [5, 5.41) is 9.28. The molecule has 5 heteroatoms. The van der Waals surface area contributed by atoms with Crippen LogP contribution in [0.25, 0.3) is 11.3 Å². The van der Waals surface area contributed by atoms with Crippen molar-refractivity contribution in [2.24, 2.45) is 0 Å². The van der Waals surface area contributed by atoms with Crippen molar-refractivity contribution < 1.29 is 9.90 Å². The summed E-state index contributed by atoms with van der Waals surface area (Å²) in [6.07, 6.45) is 2.10. The fraction of sp³-hybridized carbons (Fsp3) is 0.214. The second-order valence-corrected chi connectivity index (χ2v) is 6.40. The van der Waals surface area contributed by atoms with Crippen molar-refractivity contribution in [3.05, 3.63) is 45.0 Å². The molecule has 3 nitrogen and oxygen atoms in total. The summed E-state index contributed by atoms with van der Waals surface area (Å²) in [6.45, 7) is 0. The Morgan fingerprint density at radius 3 is 2.58 bits per heavy atom. The van der Waals surface area contributed by atoms with Crippen LogP contribution in [0.5, 0.6) is 0 Å². The van der Waals surface area contributed by atoms with Crippen molar-refractivity contribution in [3.8, 4) is 11.3 Å². The maximum atomic E-state index is 11.3. The Labute approximate surface area is 127 Å². The lowest BCUT2D eigenvalue weighted by atomic mass is 10.1. The van der Waals surface area contributed by atoms with Crippen molar-refractivity contribution in [1.29, 1.82) is 0 Å². The summed E-state index contributed by atoms with van der Waals surface area (Å²) in [6, 6.07) is 9.81. The molecular weight excluding hydrogens is 374 g/mol. The first kappa shape index (κ1) is 12.9. The molecule has 0 unspecified atom stereocenters. The molecule has 1 N–H and O–H groups in total. The van der Waals surface area contributed by atoms with Gasteiger partial charge in [0.15, 0.2) is 0 Å². The summed E-state index contributed by atoms with van der Waals surface area (Å²) in [5.41, 5.74) is 2.33. The van der Waals surface area contributed by atoms with Gasteiger partial charge in [-0.05, 0) is 43.2 Å². The average molecular weight is 385 g/mol. The highest BCUT2D eigenvalue weighted by Gasteiger charge is 2.30. The minimum Gasteiger partial charge on any atom is -0.477 e. The molecule has 0 saturated heterocycles. The molecule has 1 fully saturated rings. The highest BCUT2D eigenvalue weighted by atomic mass is 79.9. The quantitative estimate of drug-likeness (QED) is 0.832. The maximum Gasteiger partial charge on any atom is 0.352 e. The van der Waals surface area contributed by atoms with Gasteiger partial charge in [-0.2, -0.15) is 0 Å². The van der Waals surface area contributed by atoms with Crippen LogP contribution in [-0.4, -0.2) is 15.6 Å². The number of rotatable bonds is 3. The second kappa shape index (κ2) is 4.80. The number of carboxylic acid groups (broad SMARTS) is 1. The van der Waals surface area contributed by atoms with E-state index >= 15 is 0 Å². The summed E-state index contributed by atoms with van der Waals surface area (Å²) in [7, 11) is 0. The molecule has 0 spiro atoms. The third-order valence-electron chi connectivity index (χ3n) is 3.25. The highest BCUT2D eigenvalue weighted by molar-refractivity contribution is 9.11. The molecule has 1 aliphatic rings. The number of aromatic nitrogens is 1. The number of nitrogens with zero attached hydrogens (tertiary/aromatic N) is 1. The number of carbonyl (C=O) groups is 1. The number of benzene rings is 1. The van der Waals surface area contributed by atoms with Crippen LogP contribution in [0.4, 0.5) is 0 Å². The topological polar surface area (TPSA) is 42.2 Å². The van der Waals surface area contributed by atoms with Crippen molar-refractivity contribution >= 4 is 37.8 Å². The normalized spacial score (nSPS) is 14.6. The average Bonchev–Trinajstić information content (AvgIpc) is 3.11. The van der Waals surface area contributed by atoms with Gasteiger partial charge in [0.05, 0.1) is 5.69 Å². The first-order valence-corrected chi connectivity index (χ1v) is 7.56. The van der Waals surface area contributed by atoms with Gasteiger partial charge in [-0.15, -0.1) is 0 Å². The van der Waals surface area contributed by atoms with Crippen LogP contribution >= 0.6 is 31.9 Å². The second-order valence-electron chi connectivity index (χ2n) is 4.63. The molecule has 0 atom stereocenters. The fourth-order valence-electron chi connectivity index (χ4n) is 2.26. The Bertz CT molecular complexity index is 659. The summed E-state index contributed by atoms with van der Waals surface area (Å²) < 4.78 is 3.88. The van der Waals surface area contributed by atoms with Gasteiger partial charge < -0.3 is 9.67 Å². The fourth-order valence-corrected chi connectivity index (χ4v) is 3.07. The number of carboxylic acids is 1. The zero-order valence-corrected chi connectivity index (χ0v) is 13.1. The Hall–Kier alpha value is -1.07. The Balaban J connectivity index is 2.20. The molecule has 2 aromatic rings. The lowest BCUT2D eigenvalue weighted by Crippen LogP contribution is -2.08. The molecule has 1 saturated carbocycles. The van der Waals surface area contributed by atoms with E-state index in [1.807, 2.05) is 28.8 Å². The molecule has 3 rings (SSSR count). The van der Waals surface area contributed by atoms with Gasteiger partial charge in [0.2, 0.25) is 0 Å². The summed E-state index contributed by atoms with van der Waals surface area (Å²) >= 11 is 7.00. The van der Waals surface area contributed by atoms with E-state index in [-0.39, 0.29) is 0 Å². The van der Waals surface area contributed by atoms with E-state index < -0.39 is 5.97 Å². The van der Waals surface area contributed by atoms with Gasteiger partial charge >= 0.3 is 5.97 Å². The first-order valence-electron chi connectivity index (χ1n) is 5.98. The third kappa shape index (κ3) is 2.37. The van der Waals surface area contributed by atoms with E-state index in [2.05, 4.69) is 31.9 Å². The SMILES string of the molecule is O=C(O)c1ccc(-c2cc(Br)ccc2Br)n1C1CC1. The summed E-state index contributed by atoms with van der Waals surface area (Å²) in [5.74, 6) is -0.871. The Morgan fingerprint density at radius 1 is 1.21 bits per heavy atom. The largest absolute Gasteiger partial charge is 0.477 e. The van der Waals surface area contributed by atoms with Crippen LogP contribution in [0.1, 0.15) is 29.4 Å². The van der Waals surface area contributed by atoms with Crippen LogP contribution in [0, 0.1) is 0 Å². The van der Waals surface area contributed by atoms with Crippen molar-refractivity contribution in [1.82, 2.24) is 4.57 Å². The minimum atomic E-state index is -0.871. The predicted molar refractivity (Wildman–Crippen MR) is 80.5 cm³/mol. The molecular formula is C14H11Br2NO2. The molecule has 1 aromatic heterocycles. The standard InChI is InChI=1S/C14H11Br2NO2/c15-8-1-4-11(16)10(7-8)12-5-6-13(14(18)19)17(12)9-2-3-9/h1,4-7,9H,2-3H2,(H,18,19). The molecule has 0 amide bonds. The monoisotopic (exact) mass is 383 g/mol. The maximum absolute atomic E-state index is 11.3. The molecule has 1 aliphatic carbocycles. The van der Waals surface area contributed by atoms with E-state index in [1.54, 1.807) is 6.07 Å². The van der Waals surface area contributed by atoms with Crippen molar-refractivity contribution in [2.75, 3.05) is 0 Å². The molecule has 19 heavy (non-hydrogen) atoms. The molecule has 1 heterocycles. The minimum absolute atomic E-state index is 0.321. The van der Waals surface area contributed by atoms with E-state index in [0.29, 0.717) is 11.7 Å². The third-order valence-corrected chi connectivity index (χ3v) is 4.44. The predicted octanol–water partition coefficient (Wildman–Crippen LogP) is 4.71. The number of hydrogen-bond acceptors (Lipinski definition) is 1. The molecule has 0 bridgehead atoms. The smallest absolute Gasteiger partial charge is 0.352 e. The zero-order valence-electron chi connectivity index (χ0n) is 9.94. The van der Waals surface area contributed by atoms with E-state index in [0.717, 1.165) is 33.0 Å². The van der Waals surface area contributed by atoms with Gasteiger partial charge in [0, 0.05) is 20.6 Å². The van der Waals surface area contributed by atoms with Gasteiger partial charge in [0.25, 0.3) is 0 Å². The van der Waals surface area contributed by atoms with Crippen LogP contribution in [-0.2, 0) is 0 Å².